The predicted molar refractivity (Wildman–Crippen MR) is 55.4 cm³/mol. The molecule has 70 valence electrons. The topological polar surface area (TPSA) is 26.1 Å². The summed E-state index contributed by atoms with van der Waals surface area (Å²) in [6.45, 7) is 6.11. The highest BCUT2D eigenvalue weighted by molar-refractivity contribution is 5.80. The second kappa shape index (κ2) is 3.60. The first-order valence-electron chi connectivity index (χ1n) is 4.33. The number of hydroxylamine groups is 1. The summed E-state index contributed by atoms with van der Waals surface area (Å²) < 4.78 is 0.838. The van der Waals surface area contributed by atoms with Gasteiger partial charge in [-0.3, -0.25) is 0 Å². The molecular weight excluding hydrogens is 162 g/mol. The van der Waals surface area contributed by atoms with Gasteiger partial charge in [-0.2, -0.15) is 0 Å². The van der Waals surface area contributed by atoms with Gasteiger partial charge in [-0.05, 0) is 31.9 Å². The van der Waals surface area contributed by atoms with Gasteiger partial charge in [0.05, 0.1) is 0 Å². The molecule has 0 saturated carbocycles. The lowest BCUT2D eigenvalue weighted by atomic mass is 10.0. The van der Waals surface area contributed by atoms with Gasteiger partial charge in [0.2, 0.25) is 0 Å². The molecule has 0 heterocycles. The molecule has 0 aromatic heterocycles. The smallest absolute Gasteiger partial charge is 0.182 e. The van der Waals surface area contributed by atoms with Crippen LogP contribution in [-0.4, -0.2) is 18.0 Å². The number of rotatable bonds is 1. The molecule has 13 heavy (non-hydrogen) atoms. The van der Waals surface area contributed by atoms with E-state index in [1.807, 2.05) is 13.8 Å². The average molecular weight is 177 g/mol. The van der Waals surface area contributed by atoms with Crippen molar-refractivity contribution in [2.75, 3.05) is 7.05 Å². The van der Waals surface area contributed by atoms with Crippen LogP contribution >= 0.6 is 0 Å². The highest BCUT2D eigenvalue weighted by atomic mass is 16.5. The van der Waals surface area contributed by atoms with Gasteiger partial charge in [0, 0.05) is 5.56 Å². The quantitative estimate of drug-likeness (QED) is 0.279. The van der Waals surface area contributed by atoms with Gasteiger partial charge < -0.3 is 5.21 Å². The highest BCUT2D eigenvalue weighted by Gasteiger charge is 2.03. The van der Waals surface area contributed by atoms with Crippen molar-refractivity contribution >= 4 is 6.21 Å². The Morgan fingerprint density at radius 3 is 2.00 bits per heavy atom. The molecule has 1 aromatic rings. The third kappa shape index (κ3) is 2.31. The van der Waals surface area contributed by atoms with Gasteiger partial charge in [0.1, 0.15) is 7.05 Å². The fraction of sp³-hybridized carbons (Fsp3) is 0.364. The summed E-state index contributed by atoms with van der Waals surface area (Å²) in [5, 5.41) is 10.9. The van der Waals surface area contributed by atoms with E-state index in [1.54, 1.807) is 6.21 Å². The molecule has 2 heteroatoms. The zero-order valence-corrected chi connectivity index (χ0v) is 8.59. The maximum Gasteiger partial charge on any atom is 0.182 e. The SMILES string of the molecule is Cc1cc(C)c(C=[N+](C)[O-])c(C)c1. The Labute approximate surface area is 79.1 Å². The minimum absolute atomic E-state index is 0.838. The molecular formula is C11H15NO. The third-order valence-electron chi connectivity index (χ3n) is 2.05. The minimum atomic E-state index is 0.838. The van der Waals surface area contributed by atoms with Crippen molar-refractivity contribution in [2.45, 2.75) is 20.8 Å². The maximum absolute atomic E-state index is 10.9. The maximum atomic E-state index is 10.9. The lowest BCUT2D eigenvalue weighted by molar-refractivity contribution is -0.416. The van der Waals surface area contributed by atoms with Crippen LogP contribution in [0, 0.1) is 26.0 Å². The average Bonchev–Trinajstić information content (AvgIpc) is 1.96. The van der Waals surface area contributed by atoms with Crippen LogP contribution in [0.15, 0.2) is 12.1 Å². The molecule has 0 saturated heterocycles. The number of hydrogen-bond acceptors (Lipinski definition) is 1. The summed E-state index contributed by atoms with van der Waals surface area (Å²) in [4.78, 5) is 0. The lowest BCUT2D eigenvalue weighted by Crippen LogP contribution is -2.02. The Hall–Kier alpha value is -1.31. The van der Waals surface area contributed by atoms with Crippen molar-refractivity contribution in [1.82, 2.24) is 0 Å². The van der Waals surface area contributed by atoms with Crippen molar-refractivity contribution in [2.24, 2.45) is 0 Å². The van der Waals surface area contributed by atoms with E-state index in [-0.39, 0.29) is 0 Å². The number of aryl methyl sites for hydroxylation is 3. The number of nitrogens with zero attached hydrogens (tertiary/aromatic N) is 1. The monoisotopic (exact) mass is 177 g/mol. The van der Waals surface area contributed by atoms with Crippen LogP contribution in [-0.2, 0) is 0 Å². The Bertz CT molecular complexity index is 326. The van der Waals surface area contributed by atoms with Gasteiger partial charge in [-0.1, -0.05) is 17.7 Å². The van der Waals surface area contributed by atoms with E-state index in [0.717, 1.165) is 21.4 Å². The van der Waals surface area contributed by atoms with E-state index in [9.17, 15) is 5.21 Å². The van der Waals surface area contributed by atoms with E-state index in [4.69, 9.17) is 0 Å². The molecule has 0 radical (unpaired) electrons. The van der Waals surface area contributed by atoms with E-state index in [0.29, 0.717) is 0 Å². The van der Waals surface area contributed by atoms with Crippen molar-refractivity contribution in [3.05, 3.63) is 39.6 Å². The first-order chi connectivity index (χ1) is 6.00. The van der Waals surface area contributed by atoms with Crippen LogP contribution in [0.25, 0.3) is 0 Å². The summed E-state index contributed by atoms with van der Waals surface area (Å²) in [5.74, 6) is 0. The zero-order valence-electron chi connectivity index (χ0n) is 8.59. The first kappa shape index (κ1) is 9.78. The molecule has 0 bridgehead atoms. The first-order valence-corrected chi connectivity index (χ1v) is 4.33. The zero-order chi connectivity index (χ0) is 10.0. The largest absolute Gasteiger partial charge is 0.624 e. The standard InChI is InChI=1S/C11H15NO/c1-8-5-9(2)11(7-12(4)13)10(3)6-8/h5-7H,1-4H3. The molecule has 1 rings (SSSR count). The Balaban J connectivity index is 3.29. The normalized spacial score (nSPS) is 11.8. The fourth-order valence-corrected chi connectivity index (χ4v) is 1.58. The molecule has 2 nitrogen and oxygen atoms in total. The molecule has 0 fully saturated rings. The molecule has 0 atom stereocenters. The molecule has 0 N–H and O–H groups in total. The predicted octanol–water partition coefficient (Wildman–Crippen LogP) is 2.17. The van der Waals surface area contributed by atoms with Crippen LogP contribution in [0.4, 0.5) is 0 Å². The second-order valence-electron chi connectivity index (χ2n) is 3.49. The van der Waals surface area contributed by atoms with E-state index >= 15 is 0 Å². The van der Waals surface area contributed by atoms with Crippen LogP contribution < -0.4 is 0 Å². The minimum Gasteiger partial charge on any atom is -0.624 e. The summed E-state index contributed by atoms with van der Waals surface area (Å²) in [5.41, 5.74) is 4.57. The van der Waals surface area contributed by atoms with Crippen LogP contribution in [0.3, 0.4) is 0 Å². The fourth-order valence-electron chi connectivity index (χ4n) is 1.58. The second-order valence-corrected chi connectivity index (χ2v) is 3.49. The molecule has 1 aromatic carbocycles. The highest BCUT2D eigenvalue weighted by Crippen LogP contribution is 2.13. The Morgan fingerprint density at radius 1 is 1.15 bits per heavy atom. The lowest BCUT2D eigenvalue weighted by Gasteiger charge is -2.05. The van der Waals surface area contributed by atoms with Gasteiger partial charge >= 0.3 is 0 Å². The van der Waals surface area contributed by atoms with Gasteiger partial charge in [0.15, 0.2) is 6.21 Å². The molecule has 0 unspecified atom stereocenters. The van der Waals surface area contributed by atoms with E-state index < -0.39 is 0 Å². The molecule has 0 amide bonds. The number of hydrogen-bond donors (Lipinski definition) is 0. The van der Waals surface area contributed by atoms with Gasteiger partial charge in [-0.25, -0.2) is 4.74 Å². The molecule has 0 aliphatic heterocycles. The van der Waals surface area contributed by atoms with Crippen LogP contribution in [0.5, 0.6) is 0 Å². The van der Waals surface area contributed by atoms with Crippen LogP contribution in [0.2, 0.25) is 0 Å². The summed E-state index contributed by atoms with van der Waals surface area (Å²) >= 11 is 0. The third-order valence-corrected chi connectivity index (χ3v) is 2.05. The van der Waals surface area contributed by atoms with Crippen molar-refractivity contribution in [3.63, 3.8) is 0 Å². The van der Waals surface area contributed by atoms with Gasteiger partial charge in [-0.15, -0.1) is 0 Å². The van der Waals surface area contributed by atoms with Crippen molar-refractivity contribution < 1.29 is 4.74 Å². The molecule has 0 spiro atoms. The summed E-state index contributed by atoms with van der Waals surface area (Å²) in [6, 6.07) is 4.17. The van der Waals surface area contributed by atoms with Crippen molar-refractivity contribution in [3.8, 4) is 0 Å². The summed E-state index contributed by atoms with van der Waals surface area (Å²) in [6.07, 6.45) is 1.62. The van der Waals surface area contributed by atoms with Crippen LogP contribution in [0.1, 0.15) is 22.3 Å². The Morgan fingerprint density at radius 2 is 1.62 bits per heavy atom. The molecule has 0 aliphatic carbocycles. The number of benzene rings is 1. The Kier molecular flexibility index (Phi) is 2.71. The van der Waals surface area contributed by atoms with Gasteiger partial charge in [0.25, 0.3) is 0 Å². The van der Waals surface area contributed by atoms with E-state index in [1.165, 1.54) is 12.6 Å². The summed E-state index contributed by atoms with van der Waals surface area (Å²) in [7, 11) is 1.50. The molecule has 0 aliphatic rings. The van der Waals surface area contributed by atoms with E-state index in [2.05, 4.69) is 19.1 Å². The van der Waals surface area contributed by atoms with Crippen molar-refractivity contribution in [1.29, 1.82) is 0 Å².